The molecular formula is C17H27NO. The third-order valence-corrected chi connectivity index (χ3v) is 5.60. The Balaban J connectivity index is 1.98. The van der Waals surface area contributed by atoms with Crippen LogP contribution in [-0.2, 0) is 0 Å². The molecule has 19 heavy (non-hydrogen) atoms. The highest BCUT2D eigenvalue weighted by Gasteiger charge is 2.63. The lowest BCUT2D eigenvalue weighted by molar-refractivity contribution is 0.441. The smallest absolute Gasteiger partial charge is 0.120 e. The van der Waals surface area contributed by atoms with Crippen molar-refractivity contribution in [2.45, 2.75) is 47.6 Å². The van der Waals surface area contributed by atoms with Crippen LogP contribution in [0.4, 0.5) is 0 Å². The molecule has 0 bridgehead atoms. The SMILES string of the molecule is Cc1ccc(C(C)NCC2C(C)(C)C2(C)C)c(O)c1. The quantitative estimate of drug-likeness (QED) is 0.857. The molecule has 1 unspecified atom stereocenters. The third-order valence-electron chi connectivity index (χ3n) is 5.60. The standard InChI is InChI=1S/C17H27NO/c1-11-7-8-13(14(19)9-11)12(2)18-10-15-16(3,4)17(15,5)6/h7-9,12,15,18-19H,10H2,1-6H3. The molecule has 1 aromatic rings. The minimum atomic E-state index is 0.188. The Morgan fingerprint density at radius 2 is 1.79 bits per heavy atom. The van der Waals surface area contributed by atoms with Crippen LogP contribution in [0.5, 0.6) is 5.75 Å². The number of aryl methyl sites for hydroxylation is 1. The first kappa shape index (κ1) is 14.4. The molecule has 0 radical (unpaired) electrons. The van der Waals surface area contributed by atoms with Crippen LogP contribution in [0.25, 0.3) is 0 Å². The Morgan fingerprint density at radius 3 is 2.26 bits per heavy atom. The molecule has 2 N–H and O–H groups in total. The number of phenols is 1. The van der Waals surface area contributed by atoms with E-state index in [-0.39, 0.29) is 6.04 Å². The highest BCUT2D eigenvalue weighted by Crippen LogP contribution is 2.68. The molecular weight excluding hydrogens is 234 g/mol. The van der Waals surface area contributed by atoms with Gasteiger partial charge in [0.15, 0.2) is 0 Å². The number of nitrogens with one attached hydrogen (secondary N) is 1. The summed E-state index contributed by atoms with van der Waals surface area (Å²) in [4.78, 5) is 0. The van der Waals surface area contributed by atoms with Gasteiger partial charge < -0.3 is 10.4 Å². The van der Waals surface area contributed by atoms with Gasteiger partial charge in [-0.25, -0.2) is 0 Å². The van der Waals surface area contributed by atoms with Crippen molar-refractivity contribution in [1.29, 1.82) is 0 Å². The normalized spacial score (nSPS) is 22.2. The number of rotatable bonds is 4. The van der Waals surface area contributed by atoms with E-state index in [2.05, 4.69) is 46.0 Å². The Kier molecular flexibility index (Phi) is 3.42. The summed E-state index contributed by atoms with van der Waals surface area (Å²) < 4.78 is 0. The summed E-state index contributed by atoms with van der Waals surface area (Å²) in [7, 11) is 0. The van der Waals surface area contributed by atoms with Gasteiger partial charge >= 0.3 is 0 Å². The van der Waals surface area contributed by atoms with Gasteiger partial charge in [0, 0.05) is 11.6 Å². The molecule has 1 aliphatic rings. The number of hydrogen-bond acceptors (Lipinski definition) is 2. The van der Waals surface area contributed by atoms with Crippen LogP contribution in [0.2, 0.25) is 0 Å². The molecule has 1 aromatic carbocycles. The van der Waals surface area contributed by atoms with Crippen molar-refractivity contribution in [3.8, 4) is 5.75 Å². The summed E-state index contributed by atoms with van der Waals surface area (Å²) in [5, 5.41) is 13.6. The summed E-state index contributed by atoms with van der Waals surface area (Å²) in [5.74, 6) is 1.10. The molecule has 1 atom stereocenters. The molecule has 2 nitrogen and oxygen atoms in total. The van der Waals surface area contributed by atoms with E-state index in [0.717, 1.165) is 17.7 Å². The maximum absolute atomic E-state index is 10.0. The summed E-state index contributed by atoms with van der Waals surface area (Å²) in [6, 6.07) is 6.09. The second kappa shape index (κ2) is 4.52. The van der Waals surface area contributed by atoms with Crippen molar-refractivity contribution in [3.05, 3.63) is 29.3 Å². The number of benzene rings is 1. The Hall–Kier alpha value is -1.02. The lowest BCUT2D eigenvalue weighted by atomic mass is 10.0. The zero-order chi connectivity index (χ0) is 14.4. The van der Waals surface area contributed by atoms with Gasteiger partial charge in [-0.1, -0.05) is 39.8 Å². The van der Waals surface area contributed by atoms with E-state index in [0.29, 0.717) is 22.5 Å². The fraction of sp³-hybridized carbons (Fsp3) is 0.647. The van der Waals surface area contributed by atoms with E-state index in [1.165, 1.54) is 0 Å². The van der Waals surface area contributed by atoms with Crippen molar-refractivity contribution in [3.63, 3.8) is 0 Å². The molecule has 106 valence electrons. The van der Waals surface area contributed by atoms with Crippen LogP contribution in [0.3, 0.4) is 0 Å². The van der Waals surface area contributed by atoms with E-state index in [9.17, 15) is 5.11 Å². The molecule has 2 rings (SSSR count). The van der Waals surface area contributed by atoms with Crippen molar-refractivity contribution >= 4 is 0 Å². The van der Waals surface area contributed by atoms with Gasteiger partial charge in [-0.15, -0.1) is 0 Å². The average Bonchev–Trinajstić information content (AvgIpc) is 2.66. The van der Waals surface area contributed by atoms with Crippen molar-refractivity contribution in [2.24, 2.45) is 16.7 Å². The van der Waals surface area contributed by atoms with Gasteiger partial charge in [0.25, 0.3) is 0 Å². The molecule has 1 aliphatic carbocycles. The van der Waals surface area contributed by atoms with Gasteiger partial charge in [-0.3, -0.25) is 0 Å². The first-order chi connectivity index (χ1) is 8.68. The van der Waals surface area contributed by atoms with Crippen molar-refractivity contribution < 1.29 is 5.11 Å². The average molecular weight is 261 g/mol. The fourth-order valence-corrected chi connectivity index (χ4v) is 3.27. The van der Waals surface area contributed by atoms with E-state index in [4.69, 9.17) is 0 Å². The van der Waals surface area contributed by atoms with Crippen LogP contribution in [-0.4, -0.2) is 11.7 Å². The van der Waals surface area contributed by atoms with Crippen LogP contribution in [0.1, 0.15) is 51.8 Å². The second-order valence-electron chi connectivity index (χ2n) is 7.19. The molecule has 1 saturated carbocycles. The predicted octanol–water partition coefficient (Wildman–Crippen LogP) is 4.03. The lowest BCUT2D eigenvalue weighted by Crippen LogP contribution is -2.23. The van der Waals surface area contributed by atoms with Gasteiger partial charge in [-0.05, 0) is 48.8 Å². The largest absolute Gasteiger partial charge is 0.508 e. The monoisotopic (exact) mass is 261 g/mol. The van der Waals surface area contributed by atoms with Gasteiger partial charge in [0.2, 0.25) is 0 Å². The van der Waals surface area contributed by atoms with Crippen molar-refractivity contribution in [2.75, 3.05) is 6.54 Å². The molecule has 1 fully saturated rings. The topological polar surface area (TPSA) is 32.3 Å². The van der Waals surface area contributed by atoms with E-state index >= 15 is 0 Å². The minimum absolute atomic E-state index is 0.188. The molecule has 0 aromatic heterocycles. The summed E-state index contributed by atoms with van der Waals surface area (Å²) >= 11 is 0. The van der Waals surface area contributed by atoms with Crippen molar-refractivity contribution in [1.82, 2.24) is 5.32 Å². The highest BCUT2D eigenvalue weighted by atomic mass is 16.3. The van der Waals surface area contributed by atoms with Crippen LogP contribution < -0.4 is 5.32 Å². The molecule has 0 aliphatic heterocycles. The first-order valence-corrected chi connectivity index (χ1v) is 7.21. The van der Waals surface area contributed by atoms with Gasteiger partial charge in [0.1, 0.15) is 5.75 Å². The van der Waals surface area contributed by atoms with E-state index < -0.39 is 0 Å². The van der Waals surface area contributed by atoms with Gasteiger partial charge in [-0.2, -0.15) is 0 Å². The zero-order valence-corrected chi connectivity index (χ0v) is 13.0. The predicted molar refractivity (Wildman–Crippen MR) is 80.3 cm³/mol. The Bertz CT molecular complexity index is 462. The Labute approximate surface area is 117 Å². The number of aromatic hydroxyl groups is 1. The molecule has 2 heteroatoms. The van der Waals surface area contributed by atoms with Crippen LogP contribution in [0, 0.1) is 23.7 Å². The number of phenolic OH excluding ortho intramolecular Hbond substituents is 1. The summed E-state index contributed by atoms with van der Waals surface area (Å²) in [5.41, 5.74) is 2.91. The van der Waals surface area contributed by atoms with Gasteiger partial charge in [0.05, 0.1) is 0 Å². The van der Waals surface area contributed by atoms with Crippen LogP contribution in [0.15, 0.2) is 18.2 Å². The zero-order valence-electron chi connectivity index (χ0n) is 13.0. The molecule has 0 heterocycles. The fourth-order valence-electron chi connectivity index (χ4n) is 3.27. The molecule has 0 saturated heterocycles. The Morgan fingerprint density at radius 1 is 1.21 bits per heavy atom. The van der Waals surface area contributed by atoms with E-state index in [1.807, 2.05) is 19.1 Å². The lowest BCUT2D eigenvalue weighted by Gasteiger charge is -2.16. The second-order valence-corrected chi connectivity index (χ2v) is 7.19. The molecule has 0 spiro atoms. The maximum atomic E-state index is 10.0. The third kappa shape index (κ3) is 2.38. The maximum Gasteiger partial charge on any atom is 0.120 e. The summed E-state index contributed by atoms with van der Waals surface area (Å²) in [6.45, 7) is 14.5. The number of hydrogen-bond donors (Lipinski definition) is 2. The van der Waals surface area contributed by atoms with E-state index in [1.54, 1.807) is 0 Å². The summed E-state index contributed by atoms with van der Waals surface area (Å²) in [6.07, 6.45) is 0. The van der Waals surface area contributed by atoms with Crippen LogP contribution >= 0.6 is 0 Å². The molecule has 0 amide bonds. The first-order valence-electron chi connectivity index (χ1n) is 7.21. The minimum Gasteiger partial charge on any atom is -0.508 e. The highest BCUT2D eigenvalue weighted by molar-refractivity contribution is 5.37.